The molecule has 0 rings (SSSR count). The minimum Gasteiger partial charge on any atom is -0.355 e. The minimum absolute atomic E-state index is 0.228. The maximum Gasteiger partial charge on any atom is 0.464 e. The summed E-state index contributed by atoms with van der Waals surface area (Å²) in [5.74, 6) is 0. The van der Waals surface area contributed by atoms with Crippen molar-refractivity contribution in [2.45, 2.75) is 30.7 Å². The molecule has 0 radical (unpaired) electrons. The highest BCUT2D eigenvalue weighted by atomic mass is 127. The van der Waals surface area contributed by atoms with E-state index in [0.29, 0.717) is 6.79 Å². The largest absolute Gasteiger partial charge is 0.464 e. The highest BCUT2D eigenvalue weighted by Gasteiger charge is 1.87. The number of hydrogen-bond donors (Lipinski definition) is 0. The van der Waals surface area contributed by atoms with E-state index in [2.05, 4.69) is 37.9 Å². The van der Waals surface area contributed by atoms with E-state index in [1.807, 2.05) is 0 Å². The van der Waals surface area contributed by atoms with Crippen LogP contribution in [0.15, 0.2) is 12.2 Å². The highest BCUT2D eigenvalue weighted by Crippen LogP contribution is 1.96. The molecular weight excluding hydrogens is 303 g/mol. The Labute approximate surface area is 107 Å². The third-order valence-electron chi connectivity index (χ3n) is 1.62. The maximum absolute atomic E-state index is 5.28. The summed E-state index contributed by atoms with van der Waals surface area (Å²) in [6.45, 7) is 4.12. The smallest absolute Gasteiger partial charge is 0.355 e. The van der Waals surface area contributed by atoms with Gasteiger partial charge in [0.25, 0.3) is 0 Å². The van der Waals surface area contributed by atoms with E-state index in [4.69, 9.17) is 9.47 Å². The van der Waals surface area contributed by atoms with Crippen molar-refractivity contribution in [2.24, 2.45) is 0 Å². The van der Waals surface area contributed by atoms with Gasteiger partial charge >= 0.3 is 16.5 Å². The van der Waals surface area contributed by atoms with Gasteiger partial charge < -0.3 is 28.3 Å². The lowest BCUT2D eigenvalue weighted by Gasteiger charge is -2.02. The van der Waals surface area contributed by atoms with Crippen LogP contribution < -0.4 is 0 Å². The first kappa shape index (κ1) is 15.2. The van der Waals surface area contributed by atoms with Crippen LogP contribution in [0.1, 0.15) is 26.2 Å². The average Bonchev–Trinajstić information content (AvgIpc) is 2.21. The van der Waals surface area contributed by atoms with Crippen LogP contribution in [0.25, 0.3) is 0 Å². The van der Waals surface area contributed by atoms with Crippen molar-refractivity contribution in [1.29, 1.82) is 0 Å². The summed E-state index contributed by atoms with van der Waals surface area (Å²) in [5.41, 5.74) is 0. The summed E-state index contributed by atoms with van der Waals surface area (Å²) >= 11 is 2.77. The van der Waals surface area contributed by atoms with Gasteiger partial charge in [-0.25, -0.2) is 0 Å². The Hall–Kier alpha value is 1.16. The molecule has 0 saturated carbocycles. The van der Waals surface area contributed by atoms with Crippen LogP contribution in [0.5, 0.6) is 0 Å². The van der Waals surface area contributed by atoms with Gasteiger partial charge in [-0.2, -0.15) is 0 Å². The summed E-state index contributed by atoms with van der Waals surface area (Å²) in [4.78, 5) is 0. The molecule has 0 unspecified atom stereocenters. The van der Waals surface area contributed by atoms with E-state index in [9.17, 15) is 0 Å². The van der Waals surface area contributed by atoms with Gasteiger partial charge in [-0.15, -0.1) is 4.55 Å². The Bertz CT molecular complexity index is 131. The predicted octanol–water partition coefficient (Wildman–Crippen LogP) is 3.20. The van der Waals surface area contributed by atoms with Crippen molar-refractivity contribution in [2.75, 3.05) is 20.0 Å². The summed E-state index contributed by atoms with van der Waals surface area (Å²) in [6, 6.07) is 0. The quantitative estimate of drug-likeness (QED) is 0.202. The number of rotatable bonds is 10. The van der Waals surface area contributed by atoms with Crippen LogP contribution >= 0.6 is 18.9 Å². The fraction of sp³-hybridized carbons (Fsp3) is 0.800. The van der Waals surface area contributed by atoms with Crippen LogP contribution in [0.2, 0.25) is 4.55 Å². The molecule has 0 saturated heterocycles. The first-order chi connectivity index (χ1) is 6.91. The second-order valence-electron chi connectivity index (χ2n) is 3.03. The molecule has 0 aliphatic rings. The van der Waals surface area contributed by atoms with Gasteiger partial charge in [0.15, 0.2) is 0 Å². The standard InChI is InChI=1S/C10H19O2.HI.Mg/c1-3-5-6-7-9-12-10-11-8-4-2;;/h5-6H,1,3-4,7-10H2,2H3;1H;/q;;+1/p-1/b6-5-;;. The van der Waals surface area contributed by atoms with Crippen LogP contribution in [-0.2, 0) is 9.47 Å². The van der Waals surface area contributed by atoms with Crippen molar-refractivity contribution in [3.63, 3.8) is 0 Å². The van der Waals surface area contributed by atoms with E-state index in [1.165, 1.54) is 11.0 Å². The van der Waals surface area contributed by atoms with Gasteiger partial charge in [0, 0.05) is 6.61 Å². The highest BCUT2D eigenvalue weighted by molar-refractivity contribution is 14.1. The Balaban J connectivity index is 2.94. The van der Waals surface area contributed by atoms with E-state index < -0.39 is 0 Å². The maximum atomic E-state index is 5.28. The molecule has 0 heterocycles. The molecule has 0 aromatic heterocycles. The molecule has 0 amide bonds. The zero-order valence-corrected chi connectivity index (χ0v) is 12.6. The van der Waals surface area contributed by atoms with Gasteiger partial charge in [0.2, 0.25) is 0 Å². The molecule has 2 nitrogen and oxygen atoms in total. The van der Waals surface area contributed by atoms with Gasteiger partial charge in [-0.05, 0) is 12.8 Å². The molecule has 0 aliphatic heterocycles. The fourth-order valence-corrected chi connectivity index (χ4v) is 2.61. The monoisotopic (exact) mass is 322 g/mol. The minimum atomic E-state index is 0.228. The third-order valence-corrected chi connectivity index (χ3v) is 4.58. The molecule has 4 heteroatoms. The van der Waals surface area contributed by atoms with Gasteiger partial charge in [-0.3, -0.25) is 0 Å². The Morgan fingerprint density at radius 2 is 1.86 bits per heavy atom. The SMILES string of the molecule is CCCOCOCC/C=C\C[CH2][Mg][I]. The summed E-state index contributed by atoms with van der Waals surface area (Å²) in [5, 5.41) is 0. The molecule has 0 atom stereocenters. The predicted molar refractivity (Wildman–Crippen MR) is 70.0 cm³/mol. The van der Waals surface area contributed by atoms with E-state index in [-0.39, 0.29) is 16.5 Å². The number of allylic oxidation sites excluding steroid dienone is 1. The van der Waals surface area contributed by atoms with Crippen LogP contribution in [0.3, 0.4) is 0 Å². The lowest BCUT2D eigenvalue weighted by atomic mass is 10.3. The zero-order chi connectivity index (χ0) is 10.5. The van der Waals surface area contributed by atoms with E-state index >= 15 is 0 Å². The van der Waals surface area contributed by atoms with Crippen molar-refractivity contribution in [1.82, 2.24) is 0 Å². The second kappa shape index (κ2) is 14.2. The third kappa shape index (κ3) is 13.2. The van der Waals surface area contributed by atoms with Crippen LogP contribution in [0.4, 0.5) is 0 Å². The normalized spacial score (nSPS) is 10.7. The van der Waals surface area contributed by atoms with Gasteiger partial charge in [0.05, 0.1) is 6.61 Å². The van der Waals surface area contributed by atoms with Crippen molar-refractivity contribution >= 4 is 35.3 Å². The number of halogens is 1. The first-order valence-corrected chi connectivity index (χ1v) is 11.4. The van der Waals surface area contributed by atoms with Crippen molar-refractivity contribution < 1.29 is 9.47 Å². The fourth-order valence-electron chi connectivity index (χ4n) is 0.903. The Morgan fingerprint density at radius 1 is 1.14 bits per heavy atom. The summed E-state index contributed by atoms with van der Waals surface area (Å²) < 4.78 is 11.9. The Kier molecular flexibility index (Phi) is 15.3. The molecule has 0 N–H and O–H groups in total. The molecule has 0 bridgehead atoms. The molecule has 80 valence electrons. The van der Waals surface area contributed by atoms with Crippen LogP contribution in [-0.4, -0.2) is 36.5 Å². The molecular formula is C10H19IMgO2. The molecule has 0 aromatic rings. The lowest BCUT2D eigenvalue weighted by Crippen LogP contribution is -2.01. The van der Waals surface area contributed by atoms with Crippen molar-refractivity contribution in [3.05, 3.63) is 12.2 Å². The molecule has 0 aromatic carbocycles. The molecule has 0 aliphatic carbocycles. The molecule has 0 spiro atoms. The average molecular weight is 322 g/mol. The second-order valence-corrected chi connectivity index (χ2v) is 7.35. The molecule has 14 heavy (non-hydrogen) atoms. The Morgan fingerprint density at radius 3 is 2.57 bits per heavy atom. The topological polar surface area (TPSA) is 18.5 Å². The summed E-state index contributed by atoms with van der Waals surface area (Å²) in [6.07, 6.45) is 7.80. The molecule has 0 fully saturated rings. The first-order valence-electron chi connectivity index (χ1n) is 5.28. The van der Waals surface area contributed by atoms with E-state index in [0.717, 1.165) is 26.1 Å². The van der Waals surface area contributed by atoms with Gasteiger partial charge in [0.1, 0.15) is 6.79 Å². The number of hydrogen-bond acceptors (Lipinski definition) is 2. The zero-order valence-electron chi connectivity index (χ0n) is 9.01. The van der Waals surface area contributed by atoms with Crippen molar-refractivity contribution in [3.8, 4) is 0 Å². The number of ether oxygens (including phenoxy) is 2. The van der Waals surface area contributed by atoms with E-state index in [1.54, 1.807) is 0 Å². The van der Waals surface area contributed by atoms with Gasteiger partial charge in [-0.1, -0.05) is 25.5 Å². The lowest BCUT2D eigenvalue weighted by molar-refractivity contribution is -0.0519. The van der Waals surface area contributed by atoms with Crippen LogP contribution in [0, 0.1) is 0 Å². The summed E-state index contributed by atoms with van der Waals surface area (Å²) in [7, 11) is 0.